The van der Waals surface area contributed by atoms with Gasteiger partial charge in [0, 0.05) is 19.3 Å². The van der Waals surface area contributed by atoms with Crippen LogP contribution in [0.25, 0.3) is 0 Å². The quantitative estimate of drug-likeness (QED) is 0.0261. The highest BCUT2D eigenvalue weighted by Crippen LogP contribution is 2.13. The first kappa shape index (κ1) is 66.8. The Hall–Kier alpha value is -4.19. The summed E-state index contributed by atoms with van der Waals surface area (Å²) in [5, 5.41) is 0. The minimum atomic E-state index is -0.827. The maximum absolute atomic E-state index is 12.8. The molecule has 0 aliphatic rings. The van der Waals surface area contributed by atoms with Crippen LogP contribution in [0, 0.1) is 0 Å². The molecule has 0 heterocycles. The van der Waals surface area contributed by atoms with E-state index in [9.17, 15) is 14.4 Å². The predicted molar refractivity (Wildman–Crippen MR) is 306 cm³/mol. The van der Waals surface area contributed by atoms with Gasteiger partial charge in [-0.2, -0.15) is 0 Å². The zero-order chi connectivity index (χ0) is 51.4. The Kier molecular flexibility index (Phi) is 54.9. The van der Waals surface area contributed by atoms with Crippen LogP contribution in [0.1, 0.15) is 252 Å². The van der Waals surface area contributed by atoms with Crippen molar-refractivity contribution in [2.24, 2.45) is 0 Å². The van der Waals surface area contributed by atoms with Crippen LogP contribution < -0.4 is 0 Å². The summed E-state index contributed by atoms with van der Waals surface area (Å²) in [6.07, 6.45) is 80.5. The van der Waals surface area contributed by atoms with Gasteiger partial charge < -0.3 is 14.2 Å². The molecule has 0 radical (unpaired) electrons. The first-order chi connectivity index (χ1) is 35.0. The molecule has 0 unspecified atom stereocenters. The van der Waals surface area contributed by atoms with Gasteiger partial charge in [0.2, 0.25) is 0 Å². The molecule has 0 aliphatic heterocycles. The fraction of sp³-hybridized carbons (Fsp3) is 0.646. The van der Waals surface area contributed by atoms with Crippen LogP contribution in [0.3, 0.4) is 0 Å². The van der Waals surface area contributed by atoms with Crippen LogP contribution in [0.4, 0.5) is 0 Å². The number of esters is 3. The van der Waals surface area contributed by atoms with E-state index in [0.717, 1.165) is 103 Å². The van der Waals surface area contributed by atoms with E-state index in [1.165, 1.54) is 103 Å². The van der Waals surface area contributed by atoms with E-state index in [-0.39, 0.29) is 37.5 Å². The Morgan fingerprint density at radius 2 is 0.563 bits per heavy atom. The lowest BCUT2D eigenvalue weighted by molar-refractivity contribution is -0.167. The van der Waals surface area contributed by atoms with E-state index in [0.29, 0.717) is 19.3 Å². The molecule has 0 amide bonds. The number of rotatable bonds is 51. The van der Waals surface area contributed by atoms with Gasteiger partial charge in [-0.1, -0.05) is 226 Å². The van der Waals surface area contributed by atoms with E-state index in [4.69, 9.17) is 14.2 Å². The average molecular weight is 984 g/mol. The molecule has 0 fully saturated rings. The Labute approximate surface area is 437 Å². The monoisotopic (exact) mass is 983 g/mol. The topological polar surface area (TPSA) is 78.9 Å². The number of ether oxygens (including phenoxy) is 3. The zero-order valence-corrected chi connectivity index (χ0v) is 45.9. The van der Waals surface area contributed by atoms with Crippen molar-refractivity contribution in [3.63, 3.8) is 0 Å². The molecule has 1 atom stereocenters. The molecule has 0 N–H and O–H groups in total. The van der Waals surface area contributed by atoms with Gasteiger partial charge in [0.15, 0.2) is 6.10 Å². The molecule has 0 aromatic heterocycles. The number of unbranched alkanes of at least 4 members (excludes halogenated alkanes) is 20. The zero-order valence-electron chi connectivity index (χ0n) is 45.9. The molecular weight excluding hydrogens is 877 g/mol. The van der Waals surface area contributed by atoms with Gasteiger partial charge >= 0.3 is 17.9 Å². The molecule has 6 heteroatoms. The fourth-order valence-electron chi connectivity index (χ4n) is 7.57. The molecule has 0 aromatic rings. The second-order valence-corrected chi connectivity index (χ2v) is 18.8. The van der Waals surface area contributed by atoms with Gasteiger partial charge in [0.05, 0.1) is 0 Å². The number of carbonyl (C=O) groups is 3. The van der Waals surface area contributed by atoms with Gasteiger partial charge in [0.25, 0.3) is 0 Å². The second kappa shape index (κ2) is 58.4. The lowest BCUT2D eigenvalue weighted by Gasteiger charge is -2.18. The molecular formula is C65H106O6. The van der Waals surface area contributed by atoms with Crippen LogP contribution in [0.2, 0.25) is 0 Å². The molecule has 0 rings (SSSR count). The summed E-state index contributed by atoms with van der Waals surface area (Å²) in [6.45, 7) is 6.41. The normalized spacial score (nSPS) is 13.0. The molecule has 0 saturated heterocycles. The highest BCUT2D eigenvalue weighted by Gasteiger charge is 2.19. The van der Waals surface area contributed by atoms with Gasteiger partial charge in [0.1, 0.15) is 13.2 Å². The average Bonchev–Trinajstić information content (AvgIpc) is 3.37. The van der Waals surface area contributed by atoms with E-state index in [2.05, 4.69) is 142 Å². The van der Waals surface area contributed by atoms with Crippen molar-refractivity contribution in [1.29, 1.82) is 0 Å². The summed E-state index contributed by atoms with van der Waals surface area (Å²) < 4.78 is 16.8. The SMILES string of the molecule is CC/C=C/C/C=C/C/C=C/C/C=C/C/C=C/CCCC(=O)O[C@@H](COC(=O)CCCCC/C=C/C/C=C/C/C=C/C/C=C/CCCCC)COC(=O)CCCCCCCCC/C=C/CCCCCCCC. The maximum Gasteiger partial charge on any atom is 0.306 e. The van der Waals surface area contributed by atoms with Crippen LogP contribution in [-0.2, 0) is 28.6 Å². The summed E-state index contributed by atoms with van der Waals surface area (Å²) in [5.41, 5.74) is 0. The van der Waals surface area contributed by atoms with Gasteiger partial charge in [-0.05, 0) is 128 Å². The van der Waals surface area contributed by atoms with E-state index < -0.39 is 6.10 Å². The van der Waals surface area contributed by atoms with Crippen molar-refractivity contribution in [3.8, 4) is 0 Å². The number of allylic oxidation sites excluding steroid dienone is 20. The number of carbonyl (C=O) groups excluding carboxylic acids is 3. The highest BCUT2D eigenvalue weighted by molar-refractivity contribution is 5.71. The Balaban J connectivity index is 4.55. The van der Waals surface area contributed by atoms with Gasteiger partial charge in [-0.25, -0.2) is 0 Å². The minimum Gasteiger partial charge on any atom is -0.462 e. The summed E-state index contributed by atoms with van der Waals surface area (Å²) in [4.78, 5) is 38.2. The predicted octanol–water partition coefficient (Wildman–Crippen LogP) is 19.6. The van der Waals surface area contributed by atoms with E-state index in [1.807, 2.05) is 0 Å². The number of hydrogen-bond acceptors (Lipinski definition) is 6. The van der Waals surface area contributed by atoms with Crippen molar-refractivity contribution in [1.82, 2.24) is 0 Å². The van der Waals surface area contributed by atoms with Crippen LogP contribution >= 0.6 is 0 Å². The van der Waals surface area contributed by atoms with Crippen molar-refractivity contribution in [2.45, 2.75) is 258 Å². The number of hydrogen-bond donors (Lipinski definition) is 0. The third-order valence-electron chi connectivity index (χ3n) is 11.9. The van der Waals surface area contributed by atoms with E-state index >= 15 is 0 Å². The van der Waals surface area contributed by atoms with E-state index in [1.54, 1.807) is 0 Å². The van der Waals surface area contributed by atoms with Crippen LogP contribution in [-0.4, -0.2) is 37.2 Å². The molecule has 402 valence electrons. The van der Waals surface area contributed by atoms with Gasteiger partial charge in [-0.15, -0.1) is 0 Å². The smallest absolute Gasteiger partial charge is 0.306 e. The molecule has 0 aliphatic carbocycles. The van der Waals surface area contributed by atoms with Crippen LogP contribution in [0.5, 0.6) is 0 Å². The van der Waals surface area contributed by atoms with Crippen LogP contribution in [0.15, 0.2) is 122 Å². The molecule has 71 heavy (non-hydrogen) atoms. The molecule has 0 spiro atoms. The molecule has 0 saturated carbocycles. The lowest BCUT2D eigenvalue weighted by atomic mass is 10.1. The van der Waals surface area contributed by atoms with Gasteiger partial charge in [-0.3, -0.25) is 14.4 Å². The third kappa shape index (κ3) is 56.6. The maximum atomic E-state index is 12.8. The highest BCUT2D eigenvalue weighted by atomic mass is 16.6. The largest absolute Gasteiger partial charge is 0.462 e. The van der Waals surface area contributed by atoms with Crippen molar-refractivity contribution < 1.29 is 28.6 Å². The summed E-state index contributed by atoms with van der Waals surface area (Å²) in [5.74, 6) is -1.01. The first-order valence-electron chi connectivity index (χ1n) is 29.0. The van der Waals surface area contributed by atoms with Crippen molar-refractivity contribution >= 4 is 17.9 Å². The van der Waals surface area contributed by atoms with Crippen molar-refractivity contribution in [3.05, 3.63) is 122 Å². The minimum absolute atomic E-state index is 0.116. The second-order valence-electron chi connectivity index (χ2n) is 18.8. The summed E-state index contributed by atoms with van der Waals surface area (Å²) in [7, 11) is 0. The first-order valence-corrected chi connectivity index (χ1v) is 29.0. The Morgan fingerprint density at radius 1 is 0.296 bits per heavy atom. The summed E-state index contributed by atoms with van der Waals surface area (Å²) in [6, 6.07) is 0. The lowest BCUT2D eigenvalue weighted by Crippen LogP contribution is -2.30. The third-order valence-corrected chi connectivity index (χ3v) is 11.9. The standard InChI is InChI=1S/C65H106O6/c1-4-7-10-13-16-19-22-25-28-31-32-35-37-40-43-46-49-52-55-58-64(67)70-61-62(71-65(68)59-56-53-50-47-44-41-38-34-30-27-24-21-18-15-12-9-6-3)60-69-63(66)57-54-51-48-45-42-39-36-33-29-26-23-20-17-14-11-8-5-2/h9,12,16,18-19,21,25-30,32,35,38,40-41,43,47,50,62H,4-8,10-11,13-15,17,20,22-24,31,33-34,36-37,39,42,44-46,48-49,51-61H2,1-3H3/b12-9+,19-16+,21-18+,28-25+,29-26+,30-27+,35-32+,41-38+,43-40+,50-47+/t62-/m1/s1. The molecule has 0 aromatic carbocycles. The van der Waals surface area contributed by atoms with Crippen molar-refractivity contribution in [2.75, 3.05) is 13.2 Å². The molecule has 0 bridgehead atoms. The summed E-state index contributed by atoms with van der Waals surface area (Å²) >= 11 is 0. The Morgan fingerprint density at radius 3 is 0.958 bits per heavy atom. The Bertz CT molecular complexity index is 1500. The fourth-order valence-corrected chi connectivity index (χ4v) is 7.57. The molecule has 6 nitrogen and oxygen atoms in total.